The quantitative estimate of drug-likeness (QED) is 0.564. The summed E-state index contributed by atoms with van der Waals surface area (Å²) in [4.78, 5) is 7.59. The highest BCUT2D eigenvalue weighted by molar-refractivity contribution is 5.83. The fourth-order valence-corrected chi connectivity index (χ4v) is 2.68. The van der Waals surface area contributed by atoms with Gasteiger partial charge in [0.1, 0.15) is 0 Å². The molecule has 1 fully saturated rings. The van der Waals surface area contributed by atoms with Crippen molar-refractivity contribution in [3.8, 4) is 0 Å². The summed E-state index contributed by atoms with van der Waals surface area (Å²) in [5, 5.41) is 8.10. The molecule has 1 aliphatic carbocycles. The Bertz CT molecular complexity index is 610. The van der Waals surface area contributed by atoms with Gasteiger partial charge in [0, 0.05) is 37.2 Å². The van der Waals surface area contributed by atoms with Gasteiger partial charge in [-0.1, -0.05) is 31.0 Å². The van der Waals surface area contributed by atoms with Crippen LogP contribution in [0.25, 0.3) is 10.9 Å². The summed E-state index contributed by atoms with van der Waals surface area (Å²) < 4.78 is 0. The van der Waals surface area contributed by atoms with E-state index < -0.39 is 0 Å². The molecule has 0 radical (unpaired) electrons. The van der Waals surface area contributed by atoms with E-state index in [0.29, 0.717) is 0 Å². The summed E-state index contributed by atoms with van der Waals surface area (Å²) in [6.07, 6.45) is 7.19. The molecule has 3 N–H and O–H groups in total. The van der Waals surface area contributed by atoms with E-state index in [-0.39, 0.29) is 0 Å². The third-order valence-electron chi connectivity index (χ3n) is 4.13. The van der Waals surface area contributed by atoms with Crippen molar-refractivity contribution in [3.05, 3.63) is 36.0 Å². The van der Waals surface area contributed by atoms with E-state index in [1.807, 2.05) is 7.05 Å². The molecule has 4 heteroatoms. The van der Waals surface area contributed by atoms with Crippen LogP contribution in [-0.4, -0.2) is 31.1 Å². The summed E-state index contributed by atoms with van der Waals surface area (Å²) in [5.41, 5.74) is 2.56. The van der Waals surface area contributed by atoms with E-state index in [2.05, 4.69) is 51.1 Å². The second-order valence-corrected chi connectivity index (χ2v) is 5.77. The van der Waals surface area contributed by atoms with Gasteiger partial charge in [0.25, 0.3) is 0 Å². The number of rotatable bonds is 6. The minimum atomic E-state index is 0.894. The molecule has 1 aliphatic rings. The molecule has 112 valence electrons. The molecule has 1 saturated carbocycles. The number of hydrogen-bond acceptors (Lipinski definition) is 1. The third kappa shape index (κ3) is 3.78. The Morgan fingerprint density at radius 3 is 2.86 bits per heavy atom. The molecule has 0 spiro atoms. The largest absolute Gasteiger partial charge is 0.361 e. The maximum absolute atomic E-state index is 4.27. The normalized spacial score (nSPS) is 15.4. The predicted octanol–water partition coefficient (Wildman–Crippen LogP) is 2.68. The van der Waals surface area contributed by atoms with E-state index >= 15 is 0 Å². The van der Waals surface area contributed by atoms with Gasteiger partial charge in [-0.2, -0.15) is 0 Å². The molecule has 1 heterocycles. The number of H-pyrrole nitrogens is 1. The van der Waals surface area contributed by atoms with Crippen LogP contribution in [0.4, 0.5) is 0 Å². The van der Waals surface area contributed by atoms with Crippen LogP contribution >= 0.6 is 0 Å². The van der Waals surface area contributed by atoms with Gasteiger partial charge in [-0.3, -0.25) is 4.99 Å². The second kappa shape index (κ2) is 6.66. The fraction of sp³-hybridized carbons (Fsp3) is 0.471. The van der Waals surface area contributed by atoms with Crippen LogP contribution < -0.4 is 10.6 Å². The van der Waals surface area contributed by atoms with Crippen LogP contribution in [0.2, 0.25) is 0 Å². The number of guanidine groups is 1. The molecule has 4 nitrogen and oxygen atoms in total. The molecule has 21 heavy (non-hydrogen) atoms. The van der Waals surface area contributed by atoms with Crippen LogP contribution in [0.1, 0.15) is 24.8 Å². The summed E-state index contributed by atoms with van der Waals surface area (Å²) >= 11 is 0. The second-order valence-electron chi connectivity index (χ2n) is 5.77. The van der Waals surface area contributed by atoms with Crippen molar-refractivity contribution in [3.63, 3.8) is 0 Å². The maximum atomic E-state index is 4.27. The molecule has 0 amide bonds. The molecule has 0 unspecified atom stereocenters. The lowest BCUT2D eigenvalue weighted by Gasteiger charge is -2.11. The lowest BCUT2D eigenvalue weighted by molar-refractivity contribution is 0.684. The van der Waals surface area contributed by atoms with Crippen molar-refractivity contribution in [2.24, 2.45) is 10.9 Å². The Morgan fingerprint density at radius 2 is 2.05 bits per heavy atom. The Balaban J connectivity index is 1.45. The SMILES string of the molecule is CN=C(NCCc1c[nH]c2ccccc12)NCCC1CC1. The van der Waals surface area contributed by atoms with E-state index in [1.165, 1.54) is 35.7 Å². The van der Waals surface area contributed by atoms with E-state index in [0.717, 1.165) is 31.4 Å². The number of aromatic amines is 1. The molecule has 3 rings (SSSR count). The number of nitrogens with one attached hydrogen (secondary N) is 3. The summed E-state index contributed by atoms with van der Waals surface area (Å²) in [7, 11) is 1.83. The van der Waals surface area contributed by atoms with Crippen LogP contribution in [0.3, 0.4) is 0 Å². The Hall–Kier alpha value is -1.97. The van der Waals surface area contributed by atoms with Crippen molar-refractivity contribution in [1.82, 2.24) is 15.6 Å². The molecule has 1 aromatic carbocycles. The maximum Gasteiger partial charge on any atom is 0.190 e. The van der Waals surface area contributed by atoms with Gasteiger partial charge < -0.3 is 15.6 Å². The van der Waals surface area contributed by atoms with Crippen LogP contribution in [-0.2, 0) is 6.42 Å². The highest BCUT2D eigenvalue weighted by atomic mass is 15.2. The minimum Gasteiger partial charge on any atom is -0.361 e. The lowest BCUT2D eigenvalue weighted by atomic mass is 10.1. The number of nitrogens with zero attached hydrogens (tertiary/aromatic N) is 1. The molecule has 0 bridgehead atoms. The van der Waals surface area contributed by atoms with Gasteiger partial charge in [0.2, 0.25) is 0 Å². The highest BCUT2D eigenvalue weighted by Gasteiger charge is 2.20. The number of para-hydroxylation sites is 1. The van der Waals surface area contributed by atoms with Gasteiger partial charge in [-0.15, -0.1) is 0 Å². The monoisotopic (exact) mass is 284 g/mol. The molecule has 0 saturated heterocycles. The molecule has 1 aromatic heterocycles. The fourth-order valence-electron chi connectivity index (χ4n) is 2.68. The Morgan fingerprint density at radius 1 is 1.24 bits per heavy atom. The van der Waals surface area contributed by atoms with E-state index in [1.54, 1.807) is 0 Å². The van der Waals surface area contributed by atoms with Crippen LogP contribution in [0.15, 0.2) is 35.5 Å². The smallest absolute Gasteiger partial charge is 0.190 e. The average Bonchev–Trinajstić information content (AvgIpc) is 3.25. The van der Waals surface area contributed by atoms with Crippen molar-refractivity contribution in [1.29, 1.82) is 0 Å². The molecular weight excluding hydrogens is 260 g/mol. The molecule has 0 atom stereocenters. The first-order valence-electron chi connectivity index (χ1n) is 7.86. The Kier molecular flexibility index (Phi) is 4.43. The summed E-state index contributed by atoms with van der Waals surface area (Å²) in [6, 6.07) is 8.44. The van der Waals surface area contributed by atoms with Crippen molar-refractivity contribution in [2.75, 3.05) is 20.1 Å². The van der Waals surface area contributed by atoms with Crippen LogP contribution in [0, 0.1) is 5.92 Å². The van der Waals surface area contributed by atoms with Crippen LogP contribution in [0.5, 0.6) is 0 Å². The van der Waals surface area contributed by atoms with Crippen molar-refractivity contribution >= 4 is 16.9 Å². The average molecular weight is 284 g/mol. The predicted molar refractivity (Wildman–Crippen MR) is 88.7 cm³/mol. The van der Waals surface area contributed by atoms with Gasteiger partial charge in [-0.25, -0.2) is 0 Å². The van der Waals surface area contributed by atoms with Gasteiger partial charge in [0.05, 0.1) is 0 Å². The van der Waals surface area contributed by atoms with Gasteiger partial charge in [0.15, 0.2) is 5.96 Å². The molecular formula is C17H24N4. The van der Waals surface area contributed by atoms with Crippen molar-refractivity contribution < 1.29 is 0 Å². The number of aliphatic imine (C=N–C) groups is 1. The van der Waals surface area contributed by atoms with E-state index in [9.17, 15) is 0 Å². The highest BCUT2D eigenvalue weighted by Crippen LogP contribution is 2.31. The standard InChI is InChI=1S/C17H24N4/c1-18-17(19-10-8-13-6-7-13)20-11-9-14-12-21-16-5-3-2-4-15(14)16/h2-5,12-13,21H,6-11H2,1H3,(H2,18,19,20). The summed E-state index contributed by atoms with van der Waals surface area (Å²) in [5.74, 6) is 1.87. The molecule has 0 aliphatic heterocycles. The number of aromatic nitrogens is 1. The zero-order valence-electron chi connectivity index (χ0n) is 12.7. The first-order valence-corrected chi connectivity index (χ1v) is 7.86. The van der Waals surface area contributed by atoms with Gasteiger partial charge >= 0.3 is 0 Å². The van der Waals surface area contributed by atoms with E-state index in [4.69, 9.17) is 0 Å². The first-order chi connectivity index (χ1) is 10.4. The number of hydrogen-bond donors (Lipinski definition) is 3. The zero-order chi connectivity index (χ0) is 14.5. The first kappa shape index (κ1) is 14.0. The topological polar surface area (TPSA) is 52.2 Å². The molecule has 2 aromatic rings. The zero-order valence-corrected chi connectivity index (χ0v) is 12.7. The Labute approximate surface area is 126 Å². The van der Waals surface area contributed by atoms with Crippen molar-refractivity contribution in [2.45, 2.75) is 25.7 Å². The third-order valence-corrected chi connectivity index (χ3v) is 4.13. The minimum absolute atomic E-state index is 0.894. The number of benzene rings is 1. The van der Waals surface area contributed by atoms with Gasteiger partial charge in [-0.05, 0) is 30.4 Å². The lowest BCUT2D eigenvalue weighted by Crippen LogP contribution is -2.38. The summed E-state index contributed by atoms with van der Waals surface area (Å²) in [6.45, 7) is 1.92. The number of fused-ring (bicyclic) bond motifs is 1.